The fourth-order valence-electron chi connectivity index (χ4n) is 1.06. The van der Waals surface area contributed by atoms with Crippen LogP contribution in [0, 0.1) is 22.7 Å². The van der Waals surface area contributed by atoms with Crippen molar-refractivity contribution in [2.45, 2.75) is 6.92 Å². The number of hydrogen-bond donors (Lipinski definition) is 1. The lowest BCUT2D eigenvalue weighted by atomic mass is 10.5. The summed E-state index contributed by atoms with van der Waals surface area (Å²) in [5.74, 6) is 0.142. The van der Waals surface area contributed by atoms with Crippen molar-refractivity contribution in [3.63, 3.8) is 0 Å². The molecule has 1 rings (SSSR count). The molecule has 0 fully saturated rings. The molecule has 2 N–H and O–H groups in total. The van der Waals surface area contributed by atoms with Crippen molar-refractivity contribution in [3.05, 3.63) is 0 Å². The van der Waals surface area contributed by atoms with Gasteiger partial charge in [0.1, 0.15) is 13.1 Å². The molecule has 0 amide bonds. The van der Waals surface area contributed by atoms with Crippen LogP contribution in [0.1, 0.15) is 6.92 Å². The van der Waals surface area contributed by atoms with Gasteiger partial charge >= 0.3 is 6.01 Å². The molecule has 0 radical (unpaired) electrons. The summed E-state index contributed by atoms with van der Waals surface area (Å²) in [5, 5.41) is 17.3. The highest BCUT2D eigenvalue weighted by Crippen LogP contribution is 2.12. The molecule has 8 heteroatoms. The van der Waals surface area contributed by atoms with Crippen molar-refractivity contribution in [2.75, 3.05) is 30.3 Å². The number of aromatic nitrogens is 3. The molecule has 88 valence electrons. The molecule has 8 nitrogen and oxygen atoms in total. The van der Waals surface area contributed by atoms with Gasteiger partial charge in [-0.2, -0.15) is 25.5 Å². The Labute approximate surface area is 98.3 Å². The fraction of sp³-hybridized carbons (Fsp3) is 0.444. The quantitative estimate of drug-likeness (QED) is 0.687. The number of nitriles is 2. The largest absolute Gasteiger partial charge is 0.464 e. The van der Waals surface area contributed by atoms with Gasteiger partial charge in [-0.25, -0.2) is 0 Å². The minimum absolute atomic E-state index is 0.0113. The summed E-state index contributed by atoms with van der Waals surface area (Å²) in [6.45, 7) is 2.15. The predicted molar refractivity (Wildman–Crippen MR) is 58.8 cm³/mol. The van der Waals surface area contributed by atoms with Crippen molar-refractivity contribution in [1.82, 2.24) is 15.0 Å². The lowest BCUT2D eigenvalue weighted by Crippen LogP contribution is -2.26. The molecule has 0 spiro atoms. The first-order valence-corrected chi connectivity index (χ1v) is 4.84. The first-order valence-electron chi connectivity index (χ1n) is 4.84. The number of rotatable bonds is 5. The third kappa shape index (κ3) is 3.47. The van der Waals surface area contributed by atoms with Gasteiger partial charge in [0.2, 0.25) is 11.9 Å². The van der Waals surface area contributed by atoms with Crippen LogP contribution in [0.25, 0.3) is 0 Å². The number of hydrogen-bond acceptors (Lipinski definition) is 8. The summed E-state index contributed by atoms with van der Waals surface area (Å²) >= 11 is 0. The molecule has 0 aromatic carbocycles. The van der Waals surface area contributed by atoms with Gasteiger partial charge in [0.15, 0.2) is 0 Å². The Bertz CT molecular complexity index is 445. The van der Waals surface area contributed by atoms with Gasteiger partial charge in [-0.15, -0.1) is 0 Å². The lowest BCUT2D eigenvalue weighted by molar-refractivity contribution is 0.312. The number of nitrogen functional groups attached to an aromatic ring is 1. The average Bonchev–Trinajstić information content (AvgIpc) is 2.28. The van der Waals surface area contributed by atoms with Crippen molar-refractivity contribution >= 4 is 11.9 Å². The van der Waals surface area contributed by atoms with E-state index in [4.69, 9.17) is 21.0 Å². The second-order valence-electron chi connectivity index (χ2n) is 2.88. The van der Waals surface area contributed by atoms with Gasteiger partial charge in [0.25, 0.3) is 0 Å². The normalized spacial score (nSPS) is 9.12. The molecule has 1 aromatic heterocycles. The van der Waals surface area contributed by atoms with E-state index >= 15 is 0 Å². The highest BCUT2D eigenvalue weighted by Gasteiger charge is 2.12. The topological polar surface area (TPSA) is 125 Å². The molecule has 0 atom stereocenters. The Morgan fingerprint density at radius 2 is 1.88 bits per heavy atom. The molecule has 0 saturated carbocycles. The Kier molecular flexibility index (Phi) is 4.45. The van der Waals surface area contributed by atoms with Gasteiger partial charge in [-0.1, -0.05) is 0 Å². The molecule has 0 bridgehead atoms. The maximum atomic E-state index is 8.63. The Balaban J connectivity index is 3.02. The zero-order chi connectivity index (χ0) is 12.7. The van der Waals surface area contributed by atoms with Crippen LogP contribution in [0.4, 0.5) is 11.9 Å². The van der Waals surface area contributed by atoms with Crippen LogP contribution in [0.5, 0.6) is 6.01 Å². The smallest absolute Gasteiger partial charge is 0.323 e. The molecule has 0 unspecified atom stereocenters. The van der Waals surface area contributed by atoms with Crippen molar-refractivity contribution in [3.8, 4) is 18.1 Å². The molecule has 1 heterocycles. The van der Waals surface area contributed by atoms with Crippen molar-refractivity contribution in [1.29, 1.82) is 10.5 Å². The van der Waals surface area contributed by atoms with E-state index in [-0.39, 0.29) is 31.0 Å². The maximum Gasteiger partial charge on any atom is 0.323 e. The summed E-state index contributed by atoms with van der Waals surface area (Å²) in [6.07, 6.45) is 0. The summed E-state index contributed by atoms with van der Waals surface area (Å²) < 4.78 is 5.10. The van der Waals surface area contributed by atoms with Gasteiger partial charge in [-0.3, -0.25) is 0 Å². The minimum Gasteiger partial charge on any atom is -0.464 e. The summed E-state index contributed by atoms with van der Waals surface area (Å²) in [6, 6.07) is 3.91. The molecular formula is C9H11N7O. The van der Waals surface area contributed by atoms with E-state index in [1.165, 1.54) is 4.90 Å². The van der Waals surface area contributed by atoms with E-state index in [0.29, 0.717) is 6.61 Å². The average molecular weight is 233 g/mol. The summed E-state index contributed by atoms with van der Waals surface area (Å²) in [5.41, 5.74) is 5.49. The molecular weight excluding hydrogens is 222 g/mol. The van der Waals surface area contributed by atoms with Crippen LogP contribution in [-0.4, -0.2) is 34.6 Å². The van der Waals surface area contributed by atoms with Crippen molar-refractivity contribution in [2.24, 2.45) is 0 Å². The zero-order valence-electron chi connectivity index (χ0n) is 9.29. The van der Waals surface area contributed by atoms with Gasteiger partial charge < -0.3 is 15.4 Å². The Morgan fingerprint density at radius 1 is 1.24 bits per heavy atom. The molecule has 0 aliphatic carbocycles. The first-order chi connectivity index (χ1) is 8.21. The van der Waals surface area contributed by atoms with Crippen LogP contribution in [0.3, 0.4) is 0 Å². The highest BCUT2D eigenvalue weighted by atomic mass is 16.5. The van der Waals surface area contributed by atoms with Crippen LogP contribution in [0.15, 0.2) is 0 Å². The van der Waals surface area contributed by atoms with Crippen LogP contribution < -0.4 is 15.4 Å². The second kappa shape index (κ2) is 6.08. The third-order valence-corrected chi connectivity index (χ3v) is 1.70. The first kappa shape index (κ1) is 12.5. The van der Waals surface area contributed by atoms with Crippen LogP contribution >= 0.6 is 0 Å². The van der Waals surface area contributed by atoms with E-state index in [1.54, 1.807) is 6.92 Å². The highest BCUT2D eigenvalue weighted by molar-refractivity contribution is 5.38. The summed E-state index contributed by atoms with van der Waals surface area (Å²) in [7, 11) is 0. The lowest BCUT2D eigenvalue weighted by Gasteiger charge is -2.15. The third-order valence-electron chi connectivity index (χ3n) is 1.70. The van der Waals surface area contributed by atoms with Gasteiger partial charge in [0, 0.05) is 0 Å². The number of nitrogens with zero attached hydrogens (tertiary/aromatic N) is 6. The maximum absolute atomic E-state index is 8.63. The molecule has 1 aromatic rings. The number of ether oxygens (including phenoxy) is 1. The number of anilines is 2. The van der Waals surface area contributed by atoms with Gasteiger partial charge in [0.05, 0.1) is 18.7 Å². The predicted octanol–water partition coefficient (Wildman–Crippen LogP) is -0.294. The molecule has 0 saturated heterocycles. The fourth-order valence-corrected chi connectivity index (χ4v) is 1.06. The zero-order valence-corrected chi connectivity index (χ0v) is 9.29. The SMILES string of the molecule is CCOc1nc(N)nc(N(CC#N)CC#N)n1. The van der Waals surface area contributed by atoms with E-state index in [9.17, 15) is 0 Å². The monoisotopic (exact) mass is 233 g/mol. The van der Waals surface area contributed by atoms with Gasteiger partial charge in [-0.05, 0) is 6.92 Å². The number of nitrogens with two attached hydrogens (primary N) is 1. The Morgan fingerprint density at radius 3 is 2.41 bits per heavy atom. The van der Waals surface area contributed by atoms with Crippen LogP contribution in [-0.2, 0) is 0 Å². The summed E-state index contributed by atoms with van der Waals surface area (Å²) in [4.78, 5) is 13.0. The van der Waals surface area contributed by atoms with E-state index in [1.807, 2.05) is 12.1 Å². The molecule has 0 aliphatic heterocycles. The minimum atomic E-state index is -0.0145. The van der Waals surface area contributed by atoms with E-state index in [2.05, 4.69) is 15.0 Å². The van der Waals surface area contributed by atoms with Crippen LogP contribution in [0.2, 0.25) is 0 Å². The standard InChI is InChI=1S/C9H11N7O/c1-2-17-9-14-7(12)13-8(15-9)16(5-3-10)6-4-11/h2,5-6H2,1H3,(H2,12,13,14,15). The second-order valence-corrected chi connectivity index (χ2v) is 2.88. The van der Waals surface area contributed by atoms with Crippen molar-refractivity contribution < 1.29 is 4.74 Å². The molecule has 17 heavy (non-hydrogen) atoms. The molecule has 0 aliphatic rings. The Hall–Kier alpha value is -2.61. The van der Waals surface area contributed by atoms with E-state index in [0.717, 1.165) is 0 Å². The van der Waals surface area contributed by atoms with E-state index < -0.39 is 0 Å².